The number of ether oxygens (including phenoxy) is 1. The lowest BCUT2D eigenvalue weighted by molar-refractivity contribution is -0.154. The number of benzene rings is 1. The molecule has 7 nitrogen and oxygen atoms in total. The summed E-state index contributed by atoms with van der Waals surface area (Å²) in [5.74, 6) is -2.18. The van der Waals surface area contributed by atoms with Crippen molar-refractivity contribution in [2.24, 2.45) is 23.7 Å². The minimum Gasteiger partial charge on any atom is -0.461 e. The van der Waals surface area contributed by atoms with Crippen molar-refractivity contribution in [3.8, 4) is 0 Å². The van der Waals surface area contributed by atoms with Crippen molar-refractivity contribution in [2.45, 2.75) is 69.5 Å². The van der Waals surface area contributed by atoms with Crippen LogP contribution in [0.3, 0.4) is 0 Å². The Morgan fingerprint density at radius 2 is 2.03 bits per heavy atom. The summed E-state index contributed by atoms with van der Waals surface area (Å²) >= 11 is 1.61. The molecule has 3 heterocycles. The quantitative estimate of drug-likeness (QED) is 0.324. The van der Waals surface area contributed by atoms with Gasteiger partial charge in [-0.05, 0) is 49.3 Å². The van der Waals surface area contributed by atoms with Crippen LogP contribution in [0.25, 0.3) is 0 Å². The predicted octanol–water partition coefficient (Wildman–Crippen LogP) is 4.30. The molecule has 1 N–H and O–H groups in total. The normalized spacial score (nSPS) is 30.6. The number of amides is 2. The van der Waals surface area contributed by atoms with Crippen molar-refractivity contribution >= 4 is 35.2 Å². The zero-order chi connectivity index (χ0) is 28.6. The van der Waals surface area contributed by atoms with E-state index in [1.54, 1.807) is 27.6 Å². The number of hydrogen-bond donors (Lipinski definition) is 1. The van der Waals surface area contributed by atoms with E-state index in [4.69, 9.17) is 4.74 Å². The number of aliphatic hydroxyl groups is 1. The van der Waals surface area contributed by atoms with Crippen LogP contribution >= 0.6 is 11.8 Å². The van der Waals surface area contributed by atoms with Crippen LogP contribution in [0.4, 0.5) is 5.69 Å². The Morgan fingerprint density at radius 1 is 1.31 bits per heavy atom. The van der Waals surface area contributed by atoms with Crippen LogP contribution in [0.1, 0.15) is 44.7 Å². The van der Waals surface area contributed by atoms with Crippen molar-refractivity contribution < 1.29 is 24.2 Å². The molecule has 0 saturated carbocycles. The van der Waals surface area contributed by atoms with E-state index < -0.39 is 34.6 Å². The molecular formula is C31H42N2O5S. The molecule has 3 fully saturated rings. The molecule has 2 amide bonds. The van der Waals surface area contributed by atoms with Crippen molar-refractivity contribution in [1.29, 1.82) is 0 Å². The van der Waals surface area contributed by atoms with Crippen molar-refractivity contribution in [2.75, 3.05) is 24.7 Å². The van der Waals surface area contributed by atoms with E-state index in [0.717, 1.165) is 29.7 Å². The largest absolute Gasteiger partial charge is 0.461 e. The van der Waals surface area contributed by atoms with Gasteiger partial charge in [0.05, 0.1) is 29.2 Å². The molecule has 8 atom stereocenters. The van der Waals surface area contributed by atoms with Crippen molar-refractivity contribution in [3.05, 3.63) is 54.6 Å². The summed E-state index contributed by atoms with van der Waals surface area (Å²) in [6, 6.07) is 4.62. The predicted molar refractivity (Wildman–Crippen MR) is 155 cm³/mol. The van der Waals surface area contributed by atoms with Crippen LogP contribution in [0.15, 0.2) is 43.5 Å². The van der Waals surface area contributed by atoms with Gasteiger partial charge >= 0.3 is 5.97 Å². The zero-order valence-corrected chi connectivity index (χ0v) is 24.6. The van der Waals surface area contributed by atoms with Gasteiger partial charge in [0.25, 0.3) is 5.91 Å². The van der Waals surface area contributed by atoms with Crippen LogP contribution < -0.4 is 4.90 Å². The monoisotopic (exact) mass is 554 g/mol. The Balaban J connectivity index is 1.89. The number of thioether (sulfide) groups is 1. The average molecular weight is 555 g/mol. The number of aryl methyl sites for hydroxylation is 2. The maximum atomic E-state index is 14.9. The number of carbonyl (C=O) groups is 3. The smallest absolute Gasteiger partial charge is 0.311 e. The van der Waals surface area contributed by atoms with E-state index in [1.165, 1.54) is 6.08 Å². The highest BCUT2D eigenvalue weighted by Gasteiger charge is 2.77. The van der Waals surface area contributed by atoms with E-state index in [9.17, 15) is 19.5 Å². The number of anilines is 1. The number of rotatable bonds is 11. The average Bonchev–Trinajstić information content (AvgIpc) is 3.51. The second-order valence-corrected chi connectivity index (χ2v) is 12.9. The number of likely N-dealkylation sites (tertiary alicyclic amines) is 1. The minimum atomic E-state index is -0.830. The van der Waals surface area contributed by atoms with Gasteiger partial charge in [-0.3, -0.25) is 14.4 Å². The second kappa shape index (κ2) is 11.5. The summed E-state index contributed by atoms with van der Waals surface area (Å²) in [5.41, 5.74) is 2.75. The lowest BCUT2D eigenvalue weighted by atomic mass is 9.66. The SMILES string of the molecule is C=CCOC(=O)[C@@H]1[C@@H]2CC(C)C3(S2)C(C(=O)N(CC=C)c2cc(C)ccc2C)N([C@@H](CO)[C@@H](C)CC)C(=O)[C@H]13. The van der Waals surface area contributed by atoms with Crippen molar-refractivity contribution in [1.82, 2.24) is 4.90 Å². The Morgan fingerprint density at radius 3 is 2.64 bits per heavy atom. The third kappa shape index (κ3) is 4.63. The summed E-state index contributed by atoms with van der Waals surface area (Å²) in [4.78, 5) is 46.0. The Bertz CT molecular complexity index is 1150. The number of aliphatic hydroxyl groups excluding tert-OH is 1. The topological polar surface area (TPSA) is 87.2 Å². The molecule has 212 valence electrons. The second-order valence-electron chi connectivity index (χ2n) is 11.4. The number of nitrogens with zero attached hydrogens (tertiary/aromatic N) is 2. The van der Waals surface area contributed by atoms with E-state index in [0.29, 0.717) is 0 Å². The minimum absolute atomic E-state index is 0.0179. The first-order chi connectivity index (χ1) is 18.6. The highest BCUT2D eigenvalue weighted by atomic mass is 32.2. The lowest BCUT2D eigenvalue weighted by Gasteiger charge is -2.43. The molecule has 39 heavy (non-hydrogen) atoms. The van der Waals surface area contributed by atoms with Crippen molar-refractivity contribution in [3.63, 3.8) is 0 Å². The number of fused-ring (bicyclic) bond motifs is 1. The molecule has 1 aromatic carbocycles. The van der Waals surface area contributed by atoms with Crippen LogP contribution in [0.5, 0.6) is 0 Å². The highest BCUT2D eigenvalue weighted by Crippen LogP contribution is 2.69. The molecule has 3 unspecified atom stereocenters. The molecule has 1 spiro atoms. The standard InChI is InChI=1S/C31H42N2O5S/c1-8-13-32(22-15-18(4)11-12-20(22)6)29(36)27-31-21(7)16-24(39-31)25(30(37)38-14-9-2)26(31)28(35)33(27)23(17-34)19(5)10-3/h8-9,11-12,15,19,21,23-27,34H,1-2,10,13-14,16-17H2,3-7H3/t19-,21?,23-,24-,25+,26-,27?,31?/m0/s1. The molecule has 3 saturated heterocycles. The van der Waals surface area contributed by atoms with Gasteiger partial charge in [0.15, 0.2) is 0 Å². The maximum absolute atomic E-state index is 14.9. The number of hydrogen-bond acceptors (Lipinski definition) is 6. The van der Waals surface area contributed by atoms with Crippen LogP contribution in [0, 0.1) is 37.5 Å². The molecule has 0 aliphatic carbocycles. The van der Waals surface area contributed by atoms with E-state index in [-0.39, 0.29) is 48.7 Å². The molecule has 3 aliphatic heterocycles. The summed E-state index contributed by atoms with van der Waals surface area (Å²) in [6.45, 7) is 17.7. The van der Waals surface area contributed by atoms with Gasteiger partial charge in [-0.15, -0.1) is 18.3 Å². The van der Waals surface area contributed by atoms with Gasteiger partial charge < -0.3 is 19.6 Å². The third-order valence-corrected chi connectivity index (χ3v) is 11.2. The van der Waals surface area contributed by atoms with Crippen LogP contribution in [-0.4, -0.2) is 69.6 Å². The van der Waals surface area contributed by atoms with Gasteiger partial charge in [-0.1, -0.05) is 58.1 Å². The highest BCUT2D eigenvalue weighted by molar-refractivity contribution is 8.02. The van der Waals surface area contributed by atoms with Gasteiger partial charge in [-0.25, -0.2) is 0 Å². The molecule has 2 bridgehead atoms. The van der Waals surface area contributed by atoms with E-state index in [1.807, 2.05) is 45.9 Å². The summed E-state index contributed by atoms with van der Waals surface area (Å²) in [7, 11) is 0. The first-order valence-electron chi connectivity index (χ1n) is 14.0. The van der Waals surface area contributed by atoms with Crippen LogP contribution in [0.2, 0.25) is 0 Å². The fourth-order valence-corrected chi connectivity index (χ4v) is 9.40. The number of esters is 1. The van der Waals surface area contributed by atoms with E-state index in [2.05, 4.69) is 20.1 Å². The maximum Gasteiger partial charge on any atom is 0.311 e. The molecule has 1 aromatic rings. The van der Waals surface area contributed by atoms with E-state index >= 15 is 0 Å². The fourth-order valence-electron chi connectivity index (χ4n) is 7.01. The Hall–Kier alpha value is -2.58. The van der Waals surface area contributed by atoms with Gasteiger partial charge in [-0.2, -0.15) is 0 Å². The third-order valence-electron chi connectivity index (χ3n) is 9.11. The summed E-state index contributed by atoms with van der Waals surface area (Å²) in [6.07, 6.45) is 4.68. The Labute approximate surface area is 236 Å². The first-order valence-corrected chi connectivity index (χ1v) is 14.8. The molecule has 4 rings (SSSR count). The van der Waals surface area contributed by atoms with Crippen LogP contribution in [-0.2, 0) is 19.1 Å². The summed E-state index contributed by atoms with van der Waals surface area (Å²) in [5, 5.41) is 10.5. The Kier molecular flexibility index (Phi) is 8.67. The molecule has 8 heteroatoms. The fraction of sp³-hybridized carbons (Fsp3) is 0.581. The van der Waals surface area contributed by atoms with Gasteiger partial charge in [0, 0.05) is 17.5 Å². The molecule has 0 radical (unpaired) electrons. The van der Waals surface area contributed by atoms with Gasteiger partial charge in [0.1, 0.15) is 12.6 Å². The zero-order valence-electron chi connectivity index (χ0n) is 23.8. The molecule has 0 aromatic heterocycles. The first kappa shape index (κ1) is 29.4. The molecular weight excluding hydrogens is 512 g/mol. The number of carbonyl (C=O) groups excluding carboxylic acids is 3. The van der Waals surface area contributed by atoms with Gasteiger partial charge in [0.2, 0.25) is 5.91 Å². The lowest BCUT2D eigenvalue weighted by Crippen LogP contribution is -2.60. The molecule has 3 aliphatic rings. The summed E-state index contributed by atoms with van der Waals surface area (Å²) < 4.78 is 4.69.